The van der Waals surface area contributed by atoms with Crippen molar-refractivity contribution in [2.24, 2.45) is 5.10 Å². The molecule has 1 aliphatic rings. The Hall–Kier alpha value is -1.55. The summed E-state index contributed by atoms with van der Waals surface area (Å²) in [6.07, 6.45) is 0. The minimum absolute atomic E-state index is 0.570. The monoisotopic (exact) mass is 376 g/mol. The highest BCUT2D eigenvalue weighted by Crippen LogP contribution is 2.23. The molecule has 1 N–H and O–H groups in total. The smallest absolute Gasteiger partial charge is 0.103 e. The van der Waals surface area contributed by atoms with Gasteiger partial charge >= 0.3 is 0 Å². The first kappa shape index (κ1) is 18.2. The average molecular weight is 377 g/mol. The molecule has 0 unspecified atom stereocenters. The first-order valence-corrected chi connectivity index (χ1v) is 9.41. The molecule has 2 aromatic carbocycles. The summed E-state index contributed by atoms with van der Waals surface area (Å²) in [6, 6.07) is 14.5. The second-order valence-electron chi connectivity index (χ2n) is 6.68. The number of benzene rings is 2. The van der Waals surface area contributed by atoms with Crippen LogP contribution in [0.1, 0.15) is 23.6 Å². The summed E-state index contributed by atoms with van der Waals surface area (Å²) < 4.78 is 0. The zero-order valence-electron chi connectivity index (χ0n) is 14.7. The lowest BCUT2D eigenvalue weighted by molar-refractivity contribution is -0.918. The van der Waals surface area contributed by atoms with Gasteiger partial charge in [0.1, 0.15) is 6.54 Å². The molecule has 0 saturated carbocycles. The van der Waals surface area contributed by atoms with Crippen LogP contribution < -0.4 is 4.90 Å². The number of nitrogens with one attached hydrogen (secondary N) is 1. The van der Waals surface area contributed by atoms with E-state index in [1.54, 1.807) is 4.90 Å². The van der Waals surface area contributed by atoms with Crippen LogP contribution in [-0.2, 0) is 6.54 Å². The number of hydrogen-bond acceptors (Lipinski definition) is 2. The highest BCUT2D eigenvalue weighted by Gasteiger charge is 2.19. The van der Waals surface area contributed by atoms with Crippen molar-refractivity contribution in [3.05, 3.63) is 69.2 Å². The van der Waals surface area contributed by atoms with E-state index in [2.05, 4.69) is 36.2 Å². The number of hydrazone groups is 1. The Morgan fingerprint density at radius 2 is 1.72 bits per heavy atom. The summed E-state index contributed by atoms with van der Waals surface area (Å²) in [5.41, 5.74) is 4.71. The van der Waals surface area contributed by atoms with Crippen molar-refractivity contribution < 1.29 is 4.90 Å². The van der Waals surface area contributed by atoms with E-state index in [9.17, 15) is 0 Å². The molecule has 1 heterocycles. The zero-order chi connectivity index (χ0) is 17.8. The van der Waals surface area contributed by atoms with E-state index >= 15 is 0 Å². The van der Waals surface area contributed by atoms with Gasteiger partial charge in [0.05, 0.1) is 41.9 Å². The maximum atomic E-state index is 6.10. The summed E-state index contributed by atoms with van der Waals surface area (Å²) in [6.45, 7) is 9.39. The third-order valence-electron chi connectivity index (χ3n) is 4.65. The maximum absolute atomic E-state index is 6.10. The van der Waals surface area contributed by atoms with E-state index in [1.807, 2.05) is 25.1 Å². The maximum Gasteiger partial charge on any atom is 0.103 e. The Morgan fingerprint density at radius 3 is 2.36 bits per heavy atom. The number of hydrogen-bond donors (Lipinski definition) is 1. The summed E-state index contributed by atoms with van der Waals surface area (Å²) in [4.78, 5) is 1.61. The topological polar surface area (TPSA) is 20.0 Å². The van der Waals surface area contributed by atoms with Gasteiger partial charge in [-0.3, -0.25) is 5.01 Å². The fourth-order valence-electron chi connectivity index (χ4n) is 3.07. The largest absolute Gasteiger partial charge is 0.328 e. The van der Waals surface area contributed by atoms with E-state index in [1.165, 1.54) is 11.1 Å². The molecule has 1 saturated heterocycles. The molecule has 0 atom stereocenters. The van der Waals surface area contributed by atoms with Gasteiger partial charge in [0.2, 0.25) is 0 Å². The van der Waals surface area contributed by atoms with Crippen LogP contribution in [0.3, 0.4) is 0 Å². The number of halogens is 2. The number of aryl methyl sites for hydroxylation is 1. The molecule has 0 bridgehead atoms. The van der Waals surface area contributed by atoms with Crippen molar-refractivity contribution in [1.82, 2.24) is 5.01 Å². The van der Waals surface area contributed by atoms with Crippen LogP contribution in [0.5, 0.6) is 0 Å². The lowest BCUT2D eigenvalue weighted by Gasteiger charge is -2.31. The number of rotatable bonds is 4. The van der Waals surface area contributed by atoms with Crippen LogP contribution in [0.15, 0.2) is 47.6 Å². The third-order valence-corrected chi connectivity index (χ3v) is 5.39. The Labute approximate surface area is 159 Å². The zero-order valence-corrected chi connectivity index (χ0v) is 16.2. The number of piperazine rings is 1. The lowest BCUT2D eigenvalue weighted by Crippen LogP contribution is -3.13. The van der Waals surface area contributed by atoms with Crippen LogP contribution in [0.2, 0.25) is 10.0 Å². The van der Waals surface area contributed by atoms with Crippen molar-refractivity contribution in [3.63, 3.8) is 0 Å². The van der Waals surface area contributed by atoms with Crippen molar-refractivity contribution in [2.45, 2.75) is 20.4 Å². The fourth-order valence-corrected chi connectivity index (χ4v) is 3.37. The number of quaternary nitrogens is 1. The SMILES string of the molecule is C/C(=N/N1CC[NH+](Cc2ccc(C)cc2)CC1)c1ccc(Cl)c(Cl)c1. The van der Waals surface area contributed by atoms with Gasteiger partial charge in [-0.1, -0.05) is 59.1 Å². The van der Waals surface area contributed by atoms with Crippen molar-refractivity contribution in [1.29, 1.82) is 0 Å². The molecule has 25 heavy (non-hydrogen) atoms. The van der Waals surface area contributed by atoms with Crippen LogP contribution >= 0.6 is 23.2 Å². The molecular weight excluding hydrogens is 353 g/mol. The summed E-state index contributed by atoms with van der Waals surface area (Å²) in [5, 5.41) is 8.07. The van der Waals surface area contributed by atoms with Crippen molar-refractivity contribution in [3.8, 4) is 0 Å². The van der Waals surface area contributed by atoms with Gasteiger partial charge in [0.15, 0.2) is 0 Å². The minimum Gasteiger partial charge on any atom is -0.328 e. The molecule has 3 rings (SSSR count). The van der Waals surface area contributed by atoms with E-state index in [4.69, 9.17) is 28.3 Å². The van der Waals surface area contributed by atoms with Crippen LogP contribution in [0.4, 0.5) is 0 Å². The highest BCUT2D eigenvalue weighted by atomic mass is 35.5. The van der Waals surface area contributed by atoms with Crippen molar-refractivity contribution >= 4 is 28.9 Å². The van der Waals surface area contributed by atoms with E-state index in [-0.39, 0.29) is 0 Å². The molecular formula is C20H24Cl2N3+. The molecule has 5 heteroatoms. The molecule has 0 spiro atoms. The van der Waals surface area contributed by atoms with Gasteiger partial charge in [-0.2, -0.15) is 5.10 Å². The standard InChI is InChI=1S/C20H23Cl2N3/c1-15-3-5-17(6-4-15)14-24-9-11-25(12-10-24)23-16(2)18-7-8-19(21)20(22)13-18/h3-8,13H,9-12,14H2,1-2H3/p+1/b23-16-. The van der Waals surface area contributed by atoms with Crippen LogP contribution in [0.25, 0.3) is 0 Å². The summed E-state index contributed by atoms with van der Waals surface area (Å²) >= 11 is 12.1. The van der Waals surface area contributed by atoms with E-state index < -0.39 is 0 Å². The molecule has 1 aliphatic heterocycles. The van der Waals surface area contributed by atoms with Gasteiger partial charge in [0.25, 0.3) is 0 Å². The Kier molecular flexibility index (Phi) is 6.00. The molecule has 0 amide bonds. The highest BCUT2D eigenvalue weighted by molar-refractivity contribution is 6.42. The summed E-state index contributed by atoms with van der Waals surface area (Å²) in [7, 11) is 0. The van der Waals surface area contributed by atoms with E-state index in [0.717, 1.165) is 44.0 Å². The lowest BCUT2D eigenvalue weighted by atomic mass is 10.1. The molecule has 132 valence electrons. The fraction of sp³-hybridized carbons (Fsp3) is 0.350. The third kappa shape index (κ3) is 4.97. The Bertz CT molecular complexity index is 748. The second-order valence-corrected chi connectivity index (χ2v) is 7.49. The second kappa shape index (κ2) is 8.22. The van der Waals surface area contributed by atoms with Crippen LogP contribution in [0, 0.1) is 6.92 Å². The van der Waals surface area contributed by atoms with Crippen molar-refractivity contribution in [2.75, 3.05) is 26.2 Å². The van der Waals surface area contributed by atoms with Crippen LogP contribution in [-0.4, -0.2) is 36.9 Å². The molecule has 0 radical (unpaired) electrons. The average Bonchev–Trinajstić information content (AvgIpc) is 2.61. The quantitative estimate of drug-likeness (QED) is 0.810. The normalized spacial score (nSPS) is 16.3. The Balaban J connectivity index is 1.56. The molecule has 0 aromatic heterocycles. The summed E-state index contributed by atoms with van der Waals surface area (Å²) in [5.74, 6) is 0. The minimum atomic E-state index is 0.570. The first-order chi connectivity index (χ1) is 12.0. The molecule has 0 aliphatic carbocycles. The predicted molar refractivity (Wildman–Crippen MR) is 106 cm³/mol. The Morgan fingerprint density at radius 1 is 1.04 bits per heavy atom. The van der Waals surface area contributed by atoms with E-state index in [0.29, 0.717) is 10.0 Å². The van der Waals surface area contributed by atoms with Gasteiger partial charge in [0, 0.05) is 5.56 Å². The molecule has 2 aromatic rings. The first-order valence-electron chi connectivity index (χ1n) is 8.66. The van der Waals surface area contributed by atoms with Gasteiger partial charge in [-0.25, -0.2) is 0 Å². The van der Waals surface area contributed by atoms with Gasteiger partial charge < -0.3 is 4.90 Å². The molecule has 3 nitrogen and oxygen atoms in total. The van der Waals surface area contributed by atoms with Gasteiger partial charge in [-0.05, 0) is 31.5 Å². The number of nitrogens with zero attached hydrogens (tertiary/aromatic N) is 2. The molecule has 1 fully saturated rings. The van der Waals surface area contributed by atoms with Gasteiger partial charge in [-0.15, -0.1) is 0 Å². The predicted octanol–water partition coefficient (Wildman–Crippen LogP) is 3.43.